The van der Waals surface area contributed by atoms with E-state index in [1.165, 1.54) is 11.3 Å². The number of likely N-dealkylation sites (tertiary alicyclic amines) is 1. The number of ether oxygens (including phenoxy) is 1. The smallest absolute Gasteiger partial charge is 0.410 e. The van der Waals surface area contributed by atoms with Crippen molar-refractivity contribution < 1.29 is 9.53 Å². The van der Waals surface area contributed by atoms with Gasteiger partial charge in [0.1, 0.15) is 11.6 Å². The van der Waals surface area contributed by atoms with Crippen LogP contribution in [0.5, 0.6) is 0 Å². The zero-order valence-corrected chi connectivity index (χ0v) is 11.5. The molecule has 1 aromatic heterocycles. The Morgan fingerprint density at radius 2 is 2.41 bits per heavy atom. The number of hydrogen-bond acceptors (Lipinski definition) is 4. The molecule has 1 fully saturated rings. The van der Waals surface area contributed by atoms with Crippen molar-refractivity contribution in [3.8, 4) is 0 Å². The molecule has 0 aromatic carbocycles. The lowest BCUT2D eigenvalue weighted by Gasteiger charge is -2.20. The molecule has 1 aromatic rings. The molecule has 17 heavy (non-hydrogen) atoms. The first-order valence-corrected chi connectivity index (χ1v) is 6.97. The van der Waals surface area contributed by atoms with Crippen molar-refractivity contribution in [3.05, 3.63) is 16.6 Å². The lowest BCUT2D eigenvalue weighted by molar-refractivity contribution is 0.0944. The van der Waals surface area contributed by atoms with Crippen LogP contribution in [0.15, 0.2) is 11.6 Å². The lowest BCUT2D eigenvalue weighted by Crippen LogP contribution is -2.33. The summed E-state index contributed by atoms with van der Waals surface area (Å²) in [5.74, 6) is 0. The molecule has 4 nitrogen and oxygen atoms in total. The Morgan fingerprint density at radius 1 is 1.65 bits per heavy atom. The van der Waals surface area contributed by atoms with E-state index in [-0.39, 0.29) is 6.09 Å². The third-order valence-electron chi connectivity index (χ3n) is 2.59. The van der Waals surface area contributed by atoms with Gasteiger partial charge in [0.25, 0.3) is 0 Å². The van der Waals surface area contributed by atoms with Crippen LogP contribution in [-0.2, 0) is 11.3 Å². The molecule has 1 saturated heterocycles. The quantitative estimate of drug-likeness (QED) is 0.815. The van der Waals surface area contributed by atoms with E-state index in [1.807, 2.05) is 19.2 Å². The van der Waals surface area contributed by atoms with Crippen LogP contribution in [0.3, 0.4) is 0 Å². The molecule has 2 rings (SSSR count). The monoisotopic (exact) mass is 256 g/mol. The van der Waals surface area contributed by atoms with Crippen LogP contribution in [-0.4, -0.2) is 28.6 Å². The number of nitrogens with zero attached hydrogens (tertiary/aromatic N) is 2. The third-order valence-corrected chi connectivity index (χ3v) is 3.34. The summed E-state index contributed by atoms with van der Waals surface area (Å²) in [6, 6.07) is 0.314. The molecule has 1 aliphatic rings. The van der Waals surface area contributed by atoms with Gasteiger partial charge in [-0.05, 0) is 19.8 Å². The van der Waals surface area contributed by atoms with Gasteiger partial charge in [0.15, 0.2) is 0 Å². The minimum absolute atomic E-state index is 0.213. The summed E-state index contributed by atoms with van der Waals surface area (Å²) < 4.78 is 5.18. The predicted molar refractivity (Wildman–Crippen MR) is 69.0 cm³/mol. The maximum absolute atomic E-state index is 11.6. The highest BCUT2D eigenvalue weighted by molar-refractivity contribution is 7.09. The Kier molecular flexibility index (Phi) is 5.97. The van der Waals surface area contributed by atoms with Crippen LogP contribution in [0.1, 0.15) is 38.6 Å². The highest BCUT2D eigenvalue weighted by Crippen LogP contribution is 2.18. The number of carbonyl (C=O) groups excluding carboxylic acids is 1. The fraction of sp³-hybridized carbons (Fsp3) is 0.667. The zero-order valence-electron chi connectivity index (χ0n) is 10.7. The molecule has 0 N–H and O–H groups in total. The second-order valence-electron chi connectivity index (χ2n) is 3.67. The van der Waals surface area contributed by atoms with Crippen LogP contribution in [0.2, 0.25) is 0 Å². The molecule has 0 radical (unpaired) electrons. The van der Waals surface area contributed by atoms with Crippen LogP contribution in [0.4, 0.5) is 4.79 Å². The van der Waals surface area contributed by atoms with E-state index in [0.717, 1.165) is 24.4 Å². The van der Waals surface area contributed by atoms with Crippen molar-refractivity contribution >= 4 is 17.4 Å². The molecule has 5 heteroatoms. The summed E-state index contributed by atoms with van der Waals surface area (Å²) in [7, 11) is 0. The first-order valence-electron chi connectivity index (χ1n) is 6.09. The Bertz CT molecular complexity index is 327. The van der Waals surface area contributed by atoms with E-state index in [4.69, 9.17) is 4.74 Å². The van der Waals surface area contributed by atoms with Gasteiger partial charge in [0, 0.05) is 24.2 Å². The molecule has 0 bridgehead atoms. The van der Waals surface area contributed by atoms with Crippen molar-refractivity contribution in [2.45, 2.75) is 46.3 Å². The van der Waals surface area contributed by atoms with E-state index >= 15 is 0 Å². The number of thiazole rings is 1. The molecule has 0 spiro atoms. The number of amides is 1. The van der Waals surface area contributed by atoms with Gasteiger partial charge in [-0.1, -0.05) is 13.8 Å². The minimum Gasteiger partial charge on any atom is -0.442 e. The normalized spacial score (nSPS) is 18.5. The molecule has 96 valence electrons. The Morgan fingerprint density at radius 3 is 2.94 bits per heavy atom. The van der Waals surface area contributed by atoms with Gasteiger partial charge in [-0.2, -0.15) is 0 Å². The zero-order chi connectivity index (χ0) is 12.7. The van der Waals surface area contributed by atoms with Gasteiger partial charge in [-0.3, -0.25) is 0 Å². The Balaban J connectivity index is 0.000000686. The van der Waals surface area contributed by atoms with Gasteiger partial charge in [-0.15, -0.1) is 11.3 Å². The summed E-state index contributed by atoms with van der Waals surface area (Å²) in [5, 5.41) is 2.72. The molecule has 2 heterocycles. The SMILES string of the molecule is CC.CC1CCCN1C(=O)OCc1nccs1. The fourth-order valence-electron chi connectivity index (χ4n) is 1.74. The largest absolute Gasteiger partial charge is 0.442 e. The standard InChI is InChI=1S/C10H14N2O2S.C2H6/c1-8-3-2-5-12(8)10(13)14-7-9-11-4-6-15-9;1-2/h4,6,8H,2-3,5,7H2,1H3;1-2H3. The Labute approximate surface area is 107 Å². The summed E-state index contributed by atoms with van der Waals surface area (Å²) in [6.45, 7) is 7.16. The molecule has 1 aliphatic heterocycles. The molecule has 1 amide bonds. The van der Waals surface area contributed by atoms with Crippen molar-refractivity contribution in [1.82, 2.24) is 9.88 Å². The summed E-state index contributed by atoms with van der Waals surface area (Å²) in [4.78, 5) is 17.5. The number of aromatic nitrogens is 1. The highest BCUT2D eigenvalue weighted by atomic mass is 32.1. The van der Waals surface area contributed by atoms with Crippen LogP contribution in [0.25, 0.3) is 0 Å². The molecular weight excluding hydrogens is 236 g/mol. The van der Waals surface area contributed by atoms with Gasteiger partial charge in [-0.25, -0.2) is 9.78 Å². The predicted octanol–water partition coefficient (Wildman–Crippen LogP) is 3.29. The van der Waals surface area contributed by atoms with E-state index < -0.39 is 0 Å². The average Bonchev–Trinajstić information content (AvgIpc) is 2.99. The van der Waals surface area contributed by atoms with Gasteiger partial charge in [0.05, 0.1) is 0 Å². The first kappa shape index (κ1) is 14.0. The van der Waals surface area contributed by atoms with Gasteiger partial charge in [0.2, 0.25) is 0 Å². The minimum atomic E-state index is -0.213. The third kappa shape index (κ3) is 4.00. The lowest BCUT2D eigenvalue weighted by atomic mass is 10.2. The highest BCUT2D eigenvalue weighted by Gasteiger charge is 2.26. The van der Waals surface area contributed by atoms with Crippen molar-refractivity contribution in [3.63, 3.8) is 0 Å². The number of hydrogen-bond donors (Lipinski definition) is 0. The average molecular weight is 256 g/mol. The maximum atomic E-state index is 11.6. The van der Waals surface area contributed by atoms with Crippen molar-refractivity contribution in [1.29, 1.82) is 0 Å². The van der Waals surface area contributed by atoms with E-state index in [9.17, 15) is 4.79 Å². The van der Waals surface area contributed by atoms with Crippen LogP contribution in [0, 0.1) is 0 Å². The Hall–Kier alpha value is -1.10. The first-order chi connectivity index (χ1) is 8.27. The summed E-state index contributed by atoms with van der Waals surface area (Å²) in [6.07, 6.45) is 3.65. The van der Waals surface area contributed by atoms with Gasteiger partial charge >= 0.3 is 6.09 Å². The van der Waals surface area contributed by atoms with E-state index in [1.54, 1.807) is 11.1 Å². The van der Waals surface area contributed by atoms with Crippen molar-refractivity contribution in [2.75, 3.05) is 6.54 Å². The molecule has 0 aliphatic carbocycles. The molecular formula is C12H20N2O2S. The maximum Gasteiger partial charge on any atom is 0.410 e. The van der Waals surface area contributed by atoms with Crippen LogP contribution < -0.4 is 0 Å². The topological polar surface area (TPSA) is 42.4 Å². The fourth-order valence-corrected chi connectivity index (χ4v) is 2.26. The molecule has 1 atom stereocenters. The summed E-state index contributed by atoms with van der Waals surface area (Å²) in [5.41, 5.74) is 0. The van der Waals surface area contributed by atoms with E-state index in [2.05, 4.69) is 11.9 Å². The summed E-state index contributed by atoms with van der Waals surface area (Å²) >= 11 is 1.50. The second kappa shape index (κ2) is 7.27. The number of rotatable bonds is 2. The van der Waals surface area contributed by atoms with E-state index in [0.29, 0.717) is 12.6 Å². The van der Waals surface area contributed by atoms with Gasteiger partial charge < -0.3 is 9.64 Å². The molecule has 1 unspecified atom stereocenters. The van der Waals surface area contributed by atoms with Crippen molar-refractivity contribution in [2.24, 2.45) is 0 Å². The number of carbonyl (C=O) groups is 1. The second-order valence-corrected chi connectivity index (χ2v) is 4.64. The van der Waals surface area contributed by atoms with Crippen LogP contribution >= 0.6 is 11.3 Å². The molecule has 0 saturated carbocycles.